The summed E-state index contributed by atoms with van der Waals surface area (Å²) in [5.41, 5.74) is 1.24. The fraction of sp³-hybridized carbons (Fsp3) is 0.400. The molecule has 1 aromatic heterocycles. The average Bonchev–Trinajstić information content (AvgIpc) is 2.84. The van der Waals surface area contributed by atoms with Gasteiger partial charge in [-0.2, -0.15) is 0 Å². The first kappa shape index (κ1) is 13.8. The van der Waals surface area contributed by atoms with E-state index in [4.69, 9.17) is 0 Å². The predicted molar refractivity (Wildman–Crippen MR) is 75.9 cm³/mol. The summed E-state index contributed by atoms with van der Waals surface area (Å²) in [5, 5.41) is 12.8. The highest BCUT2D eigenvalue weighted by atomic mass is 16.3. The average molecular weight is 259 g/mol. The number of aryl methyl sites for hydroxylation is 1. The van der Waals surface area contributed by atoms with Crippen LogP contribution in [0.25, 0.3) is 0 Å². The third-order valence-corrected chi connectivity index (χ3v) is 3.25. The number of rotatable bonds is 7. The van der Waals surface area contributed by atoms with Gasteiger partial charge in [-0.3, -0.25) is 0 Å². The molecule has 2 rings (SSSR count). The van der Waals surface area contributed by atoms with Crippen LogP contribution in [0.1, 0.15) is 11.4 Å². The van der Waals surface area contributed by atoms with Crippen molar-refractivity contribution in [2.24, 2.45) is 7.05 Å². The Morgan fingerprint density at radius 3 is 2.74 bits per heavy atom. The molecule has 0 spiro atoms. The van der Waals surface area contributed by atoms with E-state index in [0.717, 1.165) is 25.2 Å². The Hall–Kier alpha value is -1.65. The summed E-state index contributed by atoms with van der Waals surface area (Å²) < 4.78 is 2.02. The lowest BCUT2D eigenvalue weighted by Gasteiger charge is -2.16. The second-order valence-electron chi connectivity index (χ2n) is 4.73. The molecule has 19 heavy (non-hydrogen) atoms. The summed E-state index contributed by atoms with van der Waals surface area (Å²) in [6.07, 6.45) is 5.47. The van der Waals surface area contributed by atoms with Crippen LogP contribution in [-0.2, 0) is 19.9 Å². The van der Waals surface area contributed by atoms with Crippen LogP contribution in [0, 0.1) is 0 Å². The second kappa shape index (κ2) is 7.07. The number of nitrogens with one attached hydrogen (secondary N) is 1. The largest absolute Gasteiger partial charge is 0.395 e. The SMILES string of the molecule is Cn1ccnc1CCNC(CO)Cc1ccccc1. The highest BCUT2D eigenvalue weighted by Crippen LogP contribution is 2.03. The van der Waals surface area contributed by atoms with E-state index in [1.165, 1.54) is 5.56 Å². The van der Waals surface area contributed by atoms with Crippen molar-refractivity contribution in [3.63, 3.8) is 0 Å². The maximum Gasteiger partial charge on any atom is 0.109 e. The Bertz CT molecular complexity index is 481. The maximum atomic E-state index is 9.42. The summed E-state index contributed by atoms with van der Waals surface area (Å²) in [5.74, 6) is 1.06. The predicted octanol–water partition coefficient (Wildman–Crippen LogP) is 1.16. The smallest absolute Gasteiger partial charge is 0.109 e. The number of hydrogen-bond donors (Lipinski definition) is 2. The van der Waals surface area contributed by atoms with Gasteiger partial charge in [-0.25, -0.2) is 4.98 Å². The molecule has 1 aromatic carbocycles. The maximum absolute atomic E-state index is 9.42. The molecule has 0 aliphatic carbocycles. The van der Waals surface area contributed by atoms with Gasteiger partial charge in [-0.1, -0.05) is 30.3 Å². The minimum absolute atomic E-state index is 0.0997. The highest BCUT2D eigenvalue weighted by molar-refractivity contribution is 5.15. The quantitative estimate of drug-likeness (QED) is 0.784. The van der Waals surface area contributed by atoms with E-state index in [-0.39, 0.29) is 12.6 Å². The molecule has 0 aliphatic rings. The summed E-state index contributed by atoms with van der Waals surface area (Å²) >= 11 is 0. The van der Waals surface area contributed by atoms with Crippen LogP contribution >= 0.6 is 0 Å². The Morgan fingerprint density at radius 2 is 2.11 bits per heavy atom. The first-order valence-electron chi connectivity index (χ1n) is 6.64. The summed E-state index contributed by atoms with van der Waals surface area (Å²) in [6, 6.07) is 10.3. The molecule has 1 unspecified atom stereocenters. The number of aliphatic hydroxyl groups is 1. The number of hydrogen-bond acceptors (Lipinski definition) is 3. The monoisotopic (exact) mass is 259 g/mol. The van der Waals surface area contributed by atoms with Crippen molar-refractivity contribution in [1.29, 1.82) is 0 Å². The zero-order valence-electron chi connectivity index (χ0n) is 11.3. The van der Waals surface area contributed by atoms with Crippen LogP contribution in [0.5, 0.6) is 0 Å². The van der Waals surface area contributed by atoms with Crippen molar-refractivity contribution in [3.8, 4) is 0 Å². The number of aliphatic hydroxyl groups excluding tert-OH is 1. The van der Waals surface area contributed by atoms with Crippen LogP contribution in [-0.4, -0.2) is 33.9 Å². The summed E-state index contributed by atoms with van der Waals surface area (Å²) in [6.45, 7) is 0.971. The second-order valence-corrected chi connectivity index (χ2v) is 4.73. The van der Waals surface area contributed by atoms with Gasteiger partial charge in [0.1, 0.15) is 5.82 Å². The Kier molecular flexibility index (Phi) is 5.12. The van der Waals surface area contributed by atoms with E-state index < -0.39 is 0 Å². The van der Waals surface area contributed by atoms with Gasteiger partial charge in [0.15, 0.2) is 0 Å². The normalized spacial score (nSPS) is 12.5. The van der Waals surface area contributed by atoms with E-state index >= 15 is 0 Å². The molecule has 102 valence electrons. The third kappa shape index (κ3) is 4.19. The Labute approximate surface area is 114 Å². The van der Waals surface area contributed by atoms with Crippen LogP contribution in [0.4, 0.5) is 0 Å². The third-order valence-electron chi connectivity index (χ3n) is 3.25. The minimum Gasteiger partial charge on any atom is -0.395 e. The molecule has 0 amide bonds. The lowest BCUT2D eigenvalue weighted by Crippen LogP contribution is -2.36. The molecule has 0 bridgehead atoms. The highest BCUT2D eigenvalue weighted by Gasteiger charge is 2.08. The molecule has 0 fully saturated rings. The molecule has 1 heterocycles. The first-order chi connectivity index (χ1) is 9.29. The molecule has 0 aliphatic heterocycles. The van der Waals surface area contributed by atoms with Gasteiger partial charge in [-0.15, -0.1) is 0 Å². The first-order valence-corrected chi connectivity index (χ1v) is 6.64. The van der Waals surface area contributed by atoms with E-state index in [1.807, 2.05) is 42.2 Å². The number of benzene rings is 1. The molecule has 0 saturated carbocycles. The van der Waals surface area contributed by atoms with Gasteiger partial charge in [0.25, 0.3) is 0 Å². The number of aromatic nitrogens is 2. The van der Waals surface area contributed by atoms with Crippen molar-refractivity contribution in [1.82, 2.24) is 14.9 Å². The van der Waals surface area contributed by atoms with E-state index in [9.17, 15) is 5.11 Å². The number of nitrogens with zero attached hydrogens (tertiary/aromatic N) is 2. The van der Waals surface area contributed by atoms with Crippen LogP contribution in [0.2, 0.25) is 0 Å². The van der Waals surface area contributed by atoms with E-state index in [1.54, 1.807) is 0 Å². The molecule has 1 atom stereocenters. The van der Waals surface area contributed by atoms with Crippen molar-refractivity contribution in [2.75, 3.05) is 13.2 Å². The lowest BCUT2D eigenvalue weighted by atomic mass is 10.1. The topological polar surface area (TPSA) is 50.1 Å². The zero-order valence-corrected chi connectivity index (χ0v) is 11.3. The van der Waals surface area contributed by atoms with E-state index in [0.29, 0.717) is 0 Å². The van der Waals surface area contributed by atoms with Crippen molar-refractivity contribution in [2.45, 2.75) is 18.9 Å². The zero-order chi connectivity index (χ0) is 13.5. The van der Waals surface area contributed by atoms with Gasteiger partial charge in [0, 0.05) is 38.4 Å². The van der Waals surface area contributed by atoms with Gasteiger partial charge >= 0.3 is 0 Å². The number of imidazole rings is 1. The van der Waals surface area contributed by atoms with Gasteiger partial charge in [0.2, 0.25) is 0 Å². The molecule has 0 saturated heterocycles. The van der Waals surface area contributed by atoms with Crippen LogP contribution < -0.4 is 5.32 Å². The summed E-state index contributed by atoms with van der Waals surface area (Å²) in [4.78, 5) is 4.28. The van der Waals surface area contributed by atoms with Gasteiger partial charge < -0.3 is 15.0 Å². The van der Waals surface area contributed by atoms with Crippen molar-refractivity contribution < 1.29 is 5.11 Å². The minimum atomic E-state index is 0.0997. The summed E-state index contributed by atoms with van der Waals surface area (Å²) in [7, 11) is 2.00. The molecule has 0 radical (unpaired) electrons. The van der Waals surface area contributed by atoms with Crippen molar-refractivity contribution in [3.05, 3.63) is 54.1 Å². The van der Waals surface area contributed by atoms with Crippen LogP contribution in [0.3, 0.4) is 0 Å². The molecule has 4 nitrogen and oxygen atoms in total. The van der Waals surface area contributed by atoms with E-state index in [2.05, 4.69) is 22.4 Å². The fourth-order valence-electron chi connectivity index (χ4n) is 2.13. The molecule has 2 aromatic rings. The van der Waals surface area contributed by atoms with Crippen LogP contribution in [0.15, 0.2) is 42.7 Å². The molecular weight excluding hydrogens is 238 g/mol. The van der Waals surface area contributed by atoms with Gasteiger partial charge in [-0.05, 0) is 12.0 Å². The Balaban J connectivity index is 1.78. The molecular formula is C15H21N3O. The lowest BCUT2D eigenvalue weighted by molar-refractivity contribution is 0.242. The fourth-order valence-corrected chi connectivity index (χ4v) is 2.13. The van der Waals surface area contributed by atoms with Crippen molar-refractivity contribution >= 4 is 0 Å². The Morgan fingerprint density at radius 1 is 1.32 bits per heavy atom. The standard InChI is InChI=1S/C15H21N3O/c1-18-10-9-17-15(18)7-8-16-14(12-19)11-13-5-3-2-4-6-13/h2-6,9-10,14,16,19H,7-8,11-12H2,1H3. The van der Waals surface area contributed by atoms with Gasteiger partial charge in [0.05, 0.1) is 6.61 Å². The molecule has 4 heteroatoms. The molecule has 2 N–H and O–H groups in total.